The molecule has 0 saturated carbocycles. The third-order valence-corrected chi connectivity index (χ3v) is 3.59. The van der Waals surface area contributed by atoms with E-state index >= 15 is 0 Å². The maximum Gasteiger partial charge on any atom is 0.179 e. The highest BCUT2D eigenvalue weighted by Crippen LogP contribution is 2.36. The maximum absolute atomic E-state index is 9.08. The average molecular weight is 302 g/mol. The van der Waals surface area contributed by atoms with E-state index in [2.05, 4.69) is 19.2 Å². The van der Waals surface area contributed by atoms with E-state index in [9.17, 15) is 0 Å². The van der Waals surface area contributed by atoms with Gasteiger partial charge in [0.2, 0.25) is 0 Å². The van der Waals surface area contributed by atoms with Crippen molar-refractivity contribution >= 4 is 11.6 Å². The summed E-state index contributed by atoms with van der Waals surface area (Å²) in [6, 6.07) is 4.05. The van der Waals surface area contributed by atoms with E-state index in [4.69, 9.17) is 26.2 Å². The summed E-state index contributed by atoms with van der Waals surface area (Å²) in [6.45, 7) is 5.12. The van der Waals surface area contributed by atoms with Crippen LogP contribution in [0.1, 0.15) is 25.8 Å². The first kappa shape index (κ1) is 17.1. The van der Waals surface area contributed by atoms with Gasteiger partial charge in [-0.2, -0.15) is 0 Å². The zero-order valence-corrected chi connectivity index (χ0v) is 13.3. The van der Waals surface area contributed by atoms with Crippen LogP contribution in [0.2, 0.25) is 5.02 Å². The Morgan fingerprint density at radius 2 is 1.95 bits per heavy atom. The molecule has 0 aliphatic heterocycles. The van der Waals surface area contributed by atoms with Crippen molar-refractivity contribution in [2.24, 2.45) is 5.92 Å². The minimum Gasteiger partial charge on any atom is -0.493 e. The molecule has 1 aromatic carbocycles. The number of halogens is 1. The lowest BCUT2D eigenvalue weighted by Gasteiger charge is -2.22. The minimum atomic E-state index is 0.183. The van der Waals surface area contributed by atoms with Gasteiger partial charge in [0.05, 0.1) is 19.2 Å². The van der Waals surface area contributed by atoms with E-state index in [1.807, 2.05) is 12.1 Å². The monoisotopic (exact) mass is 301 g/mol. The van der Waals surface area contributed by atoms with Crippen LogP contribution < -0.4 is 14.8 Å². The first-order valence-corrected chi connectivity index (χ1v) is 7.15. The van der Waals surface area contributed by atoms with Crippen molar-refractivity contribution in [3.05, 3.63) is 22.7 Å². The summed E-state index contributed by atoms with van der Waals surface area (Å²) in [6.07, 6.45) is 0.735. The molecule has 1 aromatic rings. The lowest BCUT2D eigenvalue weighted by atomic mass is 10.0. The molecule has 0 bridgehead atoms. The molecule has 20 heavy (non-hydrogen) atoms. The normalized spacial score (nSPS) is 12.6. The van der Waals surface area contributed by atoms with Crippen LogP contribution in [-0.4, -0.2) is 32.0 Å². The Bertz CT molecular complexity index is 424. The van der Waals surface area contributed by atoms with Gasteiger partial charge in [-0.3, -0.25) is 0 Å². The maximum atomic E-state index is 9.08. The van der Waals surface area contributed by atoms with Crippen molar-refractivity contribution in [2.45, 2.75) is 32.9 Å². The smallest absolute Gasteiger partial charge is 0.179 e. The Morgan fingerprint density at radius 3 is 2.45 bits per heavy atom. The lowest BCUT2D eigenvalue weighted by Crippen LogP contribution is -2.34. The van der Waals surface area contributed by atoms with E-state index in [1.54, 1.807) is 14.2 Å². The lowest BCUT2D eigenvalue weighted by molar-refractivity contribution is 0.244. The van der Waals surface area contributed by atoms with Crippen LogP contribution in [0.15, 0.2) is 12.1 Å². The zero-order chi connectivity index (χ0) is 15.1. The fraction of sp³-hybridized carbons (Fsp3) is 0.600. The van der Waals surface area contributed by atoms with Gasteiger partial charge in [0.1, 0.15) is 0 Å². The molecule has 0 saturated heterocycles. The Morgan fingerprint density at radius 1 is 1.25 bits per heavy atom. The number of hydrogen-bond donors (Lipinski definition) is 2. The van der Waals surface area contributed by atoms with E-state index in [0.717, 1.165) is 12.0 Å². The Balaban J connectivity index is 2.80. The van der Waals surface area contributed by atoms with Crippen LogP contribution in [0.4, 0.5) is 0 Å². The van der Waals surface area contributed by atoms with Crippen LogP contribution >= 0.6 is 11.6 Å². The number of rotatable bonds is 8. The predicted octanol–water partition coefficient (Wildman–Crippen LogP) is 2.85. The molecule has 0 fully saturated rings. The molecule has 1 atom stereocenters. The highest BCUT2D eigenvalue weighted by Gasteiger charge is 2.14. The number of aliphatic hydroxyl groups excluding tert-OH is 1. The topological polar surface area (TPSA) is 50.7 Å². The third kappa shape index (κ3) is 4.54. The molecule has 0 aromatic heterocycles. The third-order valence-electron chi connectivity index (χ3n) is 3.31. The summed E-state index contributed by atoms with van der Waals surface area (Å²) in [5.74, 6) is 1.63. The van der Waals surface area contributed by atoms with Gasteiger partial charge in [0.25, 0.3) is 0 Å². The predicted molar refractivity (Wildman–Crippen MR) is 81.7 cm³/mol. The fourth-order valence-corrected chi connectivity index (χ4v) is 2.44. The van der Waals surface area contributed by atoms with Gasteiger partial charge >= 0.3 is 0 Å². The molecule has 2 N–H and O–H groups in total. The summed E-state index contributed by atoms with van der Waals surface area (Å²) < 4.78 is 10.5. The van der Waals surface area contributed by atoms with Crippen molar-refractivity contribution < 1.29 is 14.6 Å². The molecule has 1 unspecified atom stereocenters. The van der Waals surface area contributed by atoms with Gasteiger partial charge in [-0.1, -0.05) is 25.4 Å². The second-order valence-corrected chi connectivity index (χ2v) is 5.46. The Hall–Kier alpha value is -0.970. The van der Waals surface area contributed by atoms with E-state index < -0.39 is 0 Å². The van der Waals surface area contributed by atoms with Crippen LogP contribution in [-0.2, 0) is 6.54 Å². The Kier molecular flexibility index (Phi) is 7.13. The molecule has 1 rings (SSSR count). The van der Waals surface area contributed by atoms with Gasteiger partial charge in [0.15, 0.2) is 11.5 Å². The molecular formula is C15H24ClNO3. The molecule has 0 spiro atoms. The molecule has 5 heteroatoms. The highest BCUT2D eigenvalue weighted by molar-refractivity contribution is 6.32. The van der Waals surface area contributed by atoms with Gasteiger partial charge < -0.3 is 19.9 Å². The molecule has 0 amide bonds. The van der Waals surface area contributed by atoms with Crippen molar-refractivity contribution in [3.8, 4) is 11.5 Å². The van der Waals surface area contributed by atoms with E-state index in [1.165, 1.54) is 0 Å². The molecule has 0 aliphatic rings. The van der Waals surface area contributed by atoms with Gasteiger partial charge in [-0.15, -0.1) is 0 Å². The average Bonchev–Trinajstić information content (AvgIpc) is 2.42. The molecular weight excluding hydrogens is 278 g/mol. The number of aliphatic hydroxyl groups is 1. The van der Waals surface area contributed by atoms with Crippen LogP contribution in [0.5, 0.6) is 11.5 Å². The molecule has 114 valence electrons. The second-order valence-electron chi connectivity index (χ2n) is 5.06. The minimum absolute atomic E-state index is 0.183. The summed E-state index contributed by atoms with van der Waals surface area (Å²) in [4.78, 5) is 0. The molecule has 0 radical (unpaired) electrons. The standard InChI is InChI=1S/C15H24ClNO3/c1-10(2)13(5-6-18)17-9-11-7-12(16)15(20-4)14(8-11)19-3/h7-8,10,13,17-18H,5-6,9H2,1-4H3. The highest BCUT2D eigenvalue weighted by atomic mass is 35.5. The summed E-state index contributed by atoms with van der Waals surface area (Å²) in [7, 11) is 3.16. The van der Waals surface area contributed by atoms with Gasteiger partial charge in [0, 0.05) is 19.2 Å². The van der Waals surface area contributed by atoms with Crippen molar-refractivity contribution in [1.82, 2.24) is 5.32 Å². The van der Waals surface area contributed by atoms with Crippen LogP contribution in [0.3, 0.4) is 0 Å². The largest absolute Gasteiger partial charge is 0.493 e. The zero-order valence-electron chi connectivity index (χ0n) is 12.6. The Labute approximate surface area is 126 Å². The fourth-order valence-electron chi connectivity index (χ4n) is 2.13. The van der Waals surface area contributed by atoms with Crippen LogP contribution in [0, 0.1) is 5.92 Å². The second kappa shape index (κ2) is 8.35. The van der Waals surface area contributed by atoms with Crippen molar-refractivity contribution in [2.75, 3.05) is 20.8 Å². The van der Waals surface area contributed by atoms with Gasteiger partial charge in [-0.25, -0.2) is 0 Å². The number of methoxy groups -OCH3 is 2. The number of benzene rings is 1. The molecule has 0 heterocycles. The first-order chi connectivity index (χ1) is 9.53. The quantitative estimate of drug-likeness (QED) is 0.775. The van der Waals surface area contributed by atoms with E-state index in [0.29, 0.717) is 29.0 Å². The number of nitrogens with one attached hydrogen (secondary N) is 1. The summed E-state index contributed by atoms with van der Waals surface area (Å²) >= 11 is 6.18. The summed E-state index contributed by atoms with van der Waals surface area (Å²) in [5, 5.41) is 13.1. The van der Waals surface area contributed by atoms with Gasteiger partial charge in [-0.05, 0) is 30.0 Å². The molecule has 0 aliphatic carbocycles. The number of ether oxygens (including phenoxy) is 2. The van der Waals surface area contributed by atoms with Crippen molar-refractivity contribution in [3.63, 3.8) is 0 Å². The first-order valence-electron chi connectivity index (χ1n) is 6.78. The van der Waals surface area contributed by atoms with Crippen molar-refractivity contribution in [1.29, 1.82) is 0 Å². The SMILES string of the molecule is COc1cc(CNC(CCO)C(C)C)cc(Cl)c1OC. The van der Waals surface area contributed by atoms with E-state index in [-0.39, 0.29) is 12.6 Å². The summed E-state index contributed by atoms with van der Waals surface area (Å²) in [5.41, 5.74) is 1.02. The molecule has 4 nitrogen and oxygen atoms in total. The van der Waals surface area contributed by atoms with Crippen LogP contribution in [0.25, 0.3) is 0 Å². The number of hydrogen-bond acceptors (Lipinski definition) is 4.